The van der Waals surface area contributed by atoms with E-state index in [1.54, 1.807) is 7.11 Å². The van der Waals surface area contributed by atoms with Crippen LogP contribution in [0.25, 0.3) is 0 Å². The first-order valence-corrected chi connectivity index (χ1v) is 8.06. The van der Waals surface area contributed by atoms with Gasteiger partial charge >= 0.3 is 0 Å². The van der Waals surface area contributed by atoms with E-state index in [4.69, 9.17) is 4.74 Å². The van der Waals surface area contributed by atoms with Crippen molar-refractivity contribution in [1.82, 2.24) is 20.1 Å². The molecule has 0 saturated heterocycles. The molecule has 0 radical (unpaired) electrons. The maximum absolute atomic E-state index is 5.34. The van der Waals surface area contributed by atoms with Gasteiger partial charge in [-0.25, -0.2) is 0 Å². The molecule has 118 valence electrons. The Morgan fingerprint density at radius 3 is 3.09 bits per heavy atom. The normalized spacial score (nSPS) is 17.3. The second-order valence-corrected chi connectivity index (χ2v) is 5.90. The molecule has 22 heavy (non-hydrogen) atoms. The summed E-state index contributed by atoms with van der Waals surface area (Å²) in [5.41, 5.74) is 2.85. The molecule has 0 amide bonds. The van der Waals surface area contributed by atoms with E-state index in [1.807, 2.05) is 6.33 Å². The molecule has 3 rings (SSSR count). The second kappa shape index (κ2) is 6.92. The first kappa shape index (κ1) is 15.0. The SMILES string of the molecule is CCCn1cnnc1CNC1CCc2ccc(OC)cc2C1. The Morgan fingerprint density at radius 2 is 2.27 bits per heavy atom. The van der Waals surface area contributed by atoms with Crippen LogP contribution in [0.2, 0.25) is 0 Å². The van der Waals surface area contributed by atoms with Crippen molar-refractivity contribution >= 4 is 0 Å². The molecule has 0 saturated carbocycles. The van der Waals surface area contributed by atoms with Crippen molar-refractivity contribution in [2.24, 2.45) is 0 Å². The Labute approximate surface area is 131 Å². The number of fused-ring (bicyclic) bond motifs is 1. The van der Waals surface area contributed by atoms with Crippen LogP contribution >= 0.6 is 0 Å². The van der Waals surface area contributed by atoms with Crippen molar-refractivity contribution in [3.8, 4) is 5.75 Å². The van der Waals surface area contributed by atoms with E-state index in [0.717, 1.165) is 43.9 Å². The molecule has 0 aliphatic heterocycles. The third-order valence-electron chi connectivity index (χ3n) is 4.35. The van der Waals surface area contributed by atoms with Crippen molar-refractivity contribution in [3.63, 3.8) is 0 Å². The molecule has 1 aromatic heterocycles. The van der Waals surface area contributed by atoms with Crippen LogP contribution in [-0.2, 0) is 25.9 Å². The van der Waals surface area contributed by atoms with Gasteiger partial charge in [0.05, 0.1) is 13.7 Å². The van der Waals surface area contributed by atoms with Gasteiger partial charge in [-0.15, -0.1) is 10.2 Å². The molecular formula is C17H24N4O. The molecule has 1 heterocycles. The van der Waals surface area contributed by atoms with Gasteiger partial charge in [0.2, 0.25) is 0 Å². The minimum absolute atomic E-state index is 0.492. The predicted molar refractivity (Wildman–Crippen MR) is 86.0 cm³/mol. The van der Waals surface area contributed by atoms with E-state index < -0.39 is 0 Å². The summed E-state index contributed by atoms with van der Waals surface area (Å²) in [6, 6.07) is 6.91. The van der Waals surface area contributed by atoms with Crippen LogP contribution in [0.4, 0.5) is 0 Å². The summed E-state index contributed by atoms with van der Waals surface area (Å²) in [6.45, 7) is 3.93. The van der Waals surface area contributed by atoms with Crippen molar-refractivity contribution in [3.05, 3.63) is 41.5 Å². The summed E-state index contributed by atoms with van der Waals surface area (Å²) in [7, 11) is 1.72. The first-order valence-electron chi connectivity index (χ1n) is 8.06. The van der Waals surface area contributed by atoms with E-state index >= 15 is 0 Å². The van der Waals surface area contributed by atoms with E-state index in [9.17, 15) is 0 Å². The molecule has 1 unspecified atom stereocenters. The summed E-state index contributed by atoms with van der Waals surface area (Å²) in [5, 5.41) is 11.9. The smallest absolute Gasteiger partial charge is 0.146 e. The van der Waals surface area contributed by atoms with Crippen LogP contribution in [0.15, 0.2) is 24.5 Å². The monoisotopic (exact) mass is 300 g/mol. The zero-order valence-electron chi connectivity index (χ0n) is 13.4. The van der Waals surface area contributed by atoms with E-state index in [-0.39, 0.29) is 0 Å². The predicted octanol–water partition coefficient (Wildman–Crippen LogP) is 2.34. The topological polar surface area (TPSA) is 52.0 Å². The summed E-state index contributed by atoms with van der Waals surface area (Å²) >= 11 is 0. The highest BCUT2D eigenvalue weighted by molar-refractivity contribution is 5.37. The summed E-state index contributed by atoms with van der Waals surface area (Å²) in [5.74, 6) is 1.97. The lowest BCUT2D eigenvalue weighted by Crippen LogP contribution is -2.34. The van der Waals surface area contributed by atoms with Gasteiger partial charge in [-0.2, -0.15) is 0 Å². The lowest BCUT2D eigenvalue weighted by atomic mass is 9.88. The second-order valence-electron chi connectivity index (χ2n) is 5.90. The van der Waals surface area contributed by atoms with Gasteiger partial charge in [-0.3, -0.25) is 0 Å². The van der Waals surface area contributed by atoms with Crippen LogP contribution < -0.4 is 10.1 Å². The van der Waals surface area contributed by atoms with Gasteiger partial charge in [0.25, 0.3) is 0 Å². The quantitative estimate of drug-likeness (QED) is 0.889. The van der Waals surface area contributed by atoms with Crippen LogP contribution in [0.5, 0.6) is 5.75 Å². The fourth-order valence-electron chi connectivity index (χ4n) is 3.11. The highest BCUT2D eigenvalue weighted by atomic mass is 16.5. The third kappa shape index (κ3) is 3.30. The first-order chi connectivity index (χ1) is 10.8. The number of benzene rings is 1. The highest BCUT2D eigenvalue weighted by Gasteiger charge is 2.19. The number of methoxy groups -OCH3 is 1. The highest BCUT2D eigenvalue weighted by Crippen LogP contribution is 2.25. The fourth-order valence-corrected chi connectivity index (χ4v) is 3.11. The summed E-state index contributed by atoms with van der Waals surface area (Å²) in [4.78, 5) is 0. The molecule has 5 nitrogen and oxygen atoms in total. The number of rotatable bonds is 6. The Balaban J connectivity index is 1.61. The Hall–Kier alpha value is -1.88. The maximum Gasteiger partial charge on any atom is 0.146 e. The molecule has 1 aliphatic rings. The number of nitrogens with one attached hydrogen (secondary N) is 1. The van der Waals surface area contributed by atoms with Crippen LogP contribution in [-0.4, -0.2) is 27.9 Å². The van der Waals surface area contributed by atoms with Crippen LogP contribution in [0.3, 0.4) is 0 Å². The maximum atomic E-state index is 5.34. The number of nitrogens with zero attached hydrogens (tertiary/aromatic N) is 3. The van der Waals surface area contributed by atoms with Crippen LogP contribution in [0.1, 0.15) is 36.7 Å². The van der Waals surface area contributed by atoms with E-state index in [2.05, 4.69) is 45.2 Å². The lowest BCUT2D eigenvalue weighted by Gasteiger charge is -2.26. The molecule has 1 aliphatic carbocycles. The minimum atomic E-state index is 0.492. The van der Waals surface area contributed by atoms with Gasteiger partial charge in [0, 0.05) is 12.6 Å². The van der Waals surface area contributed by atoms with Crippen LogP contribution in [0, 0.1) is 0 Å². The number of aryl methyl sites for hydroxylation is 2. The lowest BCUT2D eigenvalue weighted by molar-refractivity contribution is 0.410. The standard InChI is InChI=1S/C17H24N4O/c1-3-8-21-12-19-20-17(21)11-18-15-6-4-13-5-7-16(22-2)10-14(13)9-15/h5,7,10,12,15,18H,3-4,6,8-9,11H2,1-2H3. The van der Waals surface area contributed by atoms with Gasteiger partial charge in [-0.05, 0) is 48.9 Å². The van der Waals surface area contributed by atoms with Gasteiger partial charge in [0.1, 0.15) is 17.9 Å². The third-order valence-corrected chi connectivity index (χ3v) is 4.35. The van der Waals surface area contributed by atoms with Gasteiger partial charge in [0.15, 0.2) is 0 Å². The Morgan fingerprint density at radius 1 is 1.36 bits per heavy atom. The average Bonchev–Trinajstić information content (AvgIpc) is 2.99. The van der Waals surface area contributed by atoms with E-state index in [0.29, 0.717) is 6.04 Å². The summed E-state index contributed by atoms with van der Waals surface area (Å²) < 4.78 is 7.47. The molecule has 0 spiro atoms. The summed E-state index contributed by atoms with van der Waals surface area (Å²) in [6.07, 6.45) is 6.26. The van der Waals surface area contributed by atoms with Crippen molar-refractivity contribution in [2.45, 2.75) is 51.7 Å². The molecule has 5 heteroatoms. The number of hydrogen-bond donors (Lipinski definition) is 1. The van der Waals surface area contributed by atoms with Gasteiger partial charge < -0.3 is 14.6 Å². The molecule has 1 atom stereocenters. The molecule has 2 aromatic rings. The fraction of sp³-hybridized carbons (Fsp3) is 0.529. The number of hydrogen-bond acceptors (Lipinski definition) is 4. The zero-order chi connectivity index (χ0) is 15.4. The minimum Gasteiger partial charge on any atom is -0.497 e. The zero-order valence-corrected chi connectivity index (χ0v) is 13.4. The molecule has 0 fully saturated rings. The molecule has 0 bridgehead atoms. The number of ether oxygens (including phenoxy) is 1. The Kier molecular flexibility index (Phi) is 4.73. The van der Waals surface area contributed by atoms with Crippen molar-refractivity contribution in [2.75, 3.05) is 7.11 Å². The molecule has 1 N–H and O–H groups in total. The van der Waals surface area contributed by atoms with Crippen molar-refractivity contribution < 1.29 is 4.74 Å². The van der Waals surface area contributed by atoms with Gasteiger partial charge in [-0.1, -0.05) is 13.0 Å². The average molecular weight is 300 g/mol. The Bertz CT molecular complexity index is 623. The van der Waals surface area contributed by atoms with Crippen molar-refractivity contribution in [1.29, 1.82) is 0 Å². The molecular weight excluding hydrogens is 276 g/mol. The van der Waals surface area contributed by atoms with E-state index in [1.165, 1.54) is 17.5 Å². The molecule has 1 aromatic carbocycles. The largest absolute Gasteiger partial charge is 0.497 e. The number of aromatic nitrogens is 3.